The first-order chi connectivity index (χ1) is 14.8. The highest BCUT2D eigenvalue weighted by Crippen LogP contribution is 2.36. The van der Waals surface area contributed by atoms with Gasteiger partial charge in [-0.25, -0.2) is 4.98 Å². The molecule has 0 spiro atoms. The van der Waals surface area contributed by atoms with Crippen LogP contribution in [0.25, 0.3) is 21.5 Å². The second-order valence-corrected chi connectivity index (χ2v) is 10.2. The van der Waals surface area contributed by atoms with Crippen LogP contribution in [0.15, 0.2) is 58.3 Å². The highest BCUT2D eigenvalue weighted by Gasteiger charge is 2.30. The number of thiophene rings is 1. The third kappa shape index (κ3) is 4.67. The van der Waals surface area contributed by atoms with Crippen molar-refractivity contribution in [2.24, 2.45) is 0 Å². The largest absolute Gasteiger partial charge is 0.493 e. The molecule has 1 unspecified atom stereocenters. The van der Waals surface area contributed by atoms with Crippen LogP contribution in [0.2, 0.25) is 0 Å². The van der Waals surface area contributed by atoms with Gasteiger partial charge in [-0.1, -0.05) is 40.2 Å². The molecule has 5 nitrogen and oxygen atoms in total. The Labute approximate surface area is 192 Å². The van der Waals surface area contributed by atoms with E-state index >= 15 is 0 Å². The van der Waals surface area contributed by atoms with E-state index in [-0.39, 0.29) is 0 Å². The molecule has 0 aliphatic carbocycles. The van der Waals surface area contributed by atoms with E-state index in [4.69, 9.17) is 9.15 Å². The predicted octanol–water partition coefficient (Wildman–Crippen LogP) is 6.27. The molecular formula is C24H22BrNO4S. The van der Waals surface area contributed by atoms with Gasteiger partial charge in [-0.2, -0.15) is 0 Å². The zero-order valence-electron chi connectivity index (χ0n) is 17.2. The molecule has 4 rings (SSSR count). The Balaban J connectivity index is 1.47. The number of carboxylic acid groups (broad SMARTS) is 1. The molecular weight excluding hydrogens is 478 g/mol. The van der Waals surface area contributed by atoms with Gasteiger partial charge in [0, 0.05) is 22.1 Å². The van der Waals surface area contributed by atoms with E-state index < -0.39 is 10.3 Å². The summed E-state index contributed by atoms with van der Waals surface area (Å²) in [5, 5.41) is 12.4. The van der Waals surface area contributed by atoms with Crippen LogP contribution in [0, 0.1) is 6.92 Å². The smallest absolute Gasteiger partial charge is 0.320 e. The Morgan fingerprint density at radius 2 is 2.00 bits per heavy atom. The van der Waals surface area contributed by atoms with Gasteiger partial charge in [0.15, 0.2) is 0 Å². The van der Waals surface area contributed by atoms with Gasteiger partial charge in [-0.3, -0.25) is 4.79 Å². The van der Waals surface area contributed by atoms with Gasteiger partial charge < -0.3 is 14.3 Å². The maximum absolute atomic E-state index is 11.5. The predicted molar refractivity (Wildman–Crippen MR) is 126 cm³/mol. The van der Waals surface area contributed by atoms with Gasteiger partial charge in [-0.05, 0) is 55.5 Å². The number of aromatic nitrogens is 1. The number of hydrogen-bond acceptors (Lipinski definition) is 5. The average molecular weight is 500 g/mol. The molecule has 31 heavy (non-hydrogen) atoms. The lowest BCUT2D eigenvalue weighted by Gasteiger charge is -2.18. The van der Waals surface area contributed by atoms with Gasteiger partial charge in [0.1, 0.15) is 15.8 Å². The fraction of sp³-hybridized carbons (Fsp3) is 0.250. The van der Waals surface area contributed by atoms with Crippen molar-refractivity contribution in [3.63, 3.8) is 0 Å². The highest BCUT2D eigenvalue weighted by molar-refractivity contribution is 9.10. The summed E-state index contributed by atoms with van der Waals surface area (Å²) in [5.74, 6) is 1.32. The first-order valence-corrected chi connectivity index (χ1v) is 11.6. The molecule has 0 saturated heterocycles. The molecule has 1 atom stereocenters. The van der Waals surface area contributed by atoms with Crippen molar-refractivity contribution in [1.29, 1.82) is 0 Å². The third-order valence-corrected chi connectivity index (χ3v) is 6.75. The Bertz CT molecular complexity index is 1210. The van der Waals surface area contributed by atoms with Crippen LogP contribution in [0.4, 0.5) is 0 Å². The number of aliphatic carboxylic acids is 1. The number of oxazole rings is 1. The van der Waals surface area contributed by atoms with E-state index in [1.165, 1.54) is 0 Å². The van der Waals surface area contributed by atoms with Crippen LogP contribution in [-0.2, 0) is 17.6 Å². The summed E-state index contributed by atoms with van der Waals surface area (Å²) in [7, 11) is 0. The lowest BCUT2D eigenvalue weighted by atomic mass is 10.00. The van der Waals surface area contributed by atoms with Crippen molar-refractivity contribution in [3.8, 4) is 17.2 Å². The number of rotatable bonds is 8. The summed E-state index contributed by atoms with van der Waals surface area (Å²) in [6.45, 7) is 4.06. The second kappa shape index (κ2) is 8.85. The highest BCUT2D eigenvalue weighted by atomic mass is 79.9. The Morgan fingerprint density at radius 1 is 1.23 bits per heavy atom. The minimum absolute atomic E-state index is 0.389. The molecule has 1 N–H and O–H groups in total. The van der Waals surface area contributed by atoms with Crippen LogP contribution < -0.4 is 4.74 Å². The van der Waals surface area contributed by atoms with E-state index in [1.807, 2.05) is 60.8 Å². The number of hydrogen-bond donors (Lipinski definition) is 1. The molecule has 2 heterocycles. The lowest BCUT2D eigenvalue weighted by Crippen LogP contribution is -2.30. The standard InChI is InChI=1S/C24H22BrNO4S/c1-15-19(26-22(30-15)16-6-4-3-5-7-16)10-12-29-20-9-8-17(14-24(2,25)23(27)28)21-18(20)11-13-31-21/h3-9,11,13H,10,12,14H2,1-2H3,(H,27,28). The van der Waals surface area contributed by atoms with Crippen LogP contribution in [0.3, 0.4) is 0 Å². The molecule has 2 aromatic carbocycles. The number of carboxylic acids is 1. The molecule has 0 saturated carbocycles. The van der Waals surface area contributed by atoms with E-state index in [9.17, 15) is 9.90 Å². The van der Waals surface area contributed by atoms with E-state index in [0.29, 0.717) is 25.3 Å². The van der Waals surface area contributed by atoms with E-state index in [1.54, 1.807) is 18.3 Å². The van der Waals surface area contributed by atoms with E-state index in [0.717, 1.165) is 38.4 Å². The molecule has 0 aliphatic heterocycles. The molecule has 0 amide bonds. The van der Waals surface area contributed by atoms with Gasteiger partial charge in [-0.15, -0.1) is 11.3 Å². The van der Waals surface area contributed by atoms with Crippen LogP contribution in [-0.4, -0.2) is 27.0 Å². The maximum atomic E-state index is 11.5. The minimum Gasteiger partial charge on any atom is -0.493 e. The summed E-state index contributed by atoms with van der Waals surface area (Å²) in [6, 6.07) is 15.7. The molecule has 0 bridgehead atoms. The zero-order valence-corrected chi connectivity index (χ0v) is 19.6. The molecule has 0 radical (unpaired) electrons. The molecule has 0 aliphatic rings. The average Bonchev–Trinajstić information content (AvgIpc) is 3.38. The number of nitrogens with zero attached hydrogens (tertiary/aromatic N) is 1. The number of aryl methyl sites for hydroxylation is 1. The zero-order chi connectivity index (χ0) is 22.0. The van der Waals surface area contributed by atoms with Crippen LogP contribution >= 0.6 is 27.3 Å². The summed E-state index contributed by atoms with van der Waals surface area (Å²) in [5.41, 5.74) is 2.82. The molecule has 0 fully saturated rings. The first-order valence-electron chi connectivity index (χ1n) is 9.91. The molecule has 160 valence electrons. The summed E-state index contributed by atoms with van der Waals surface area (Å²) in [4.78, 5) is 16.1. The van der Waals surface area contributed by atoms with Gasteiger partial charge >= 0.3 is 5.97 Å². The minimum atomic E-state index is -1.01. The Kier molecular flexibility index (Phi) is 6.16. The number of alkyl halides is 1. The van der Waals surface area contributed by atoms with Gasteiger partial charge in [0.2, 0.25) is 5.89 Å². The maximum Gasteiger partial charge on any atom is 0.320 e. The monoisotopic (exact) mass is 499 g/mol. The fourth-order valence-electron chi connectivity index (χ4n) is 3.41. The number of halogens is 1. The summed E-state index contributed by atoms with van der Waals surface area (Å²) >= 11 is 4.92. The molecule has 4 aromatic rings. The van der Waals surface area contributed by atoms with Crippen molar-refractivity contribution in [2.45, 2.75) is 31.0 Å². The van der Waals surface area contributed by atoms with Crippen molar-refractivity contribution in [2.75, 3.05) is 6.61 Å². The normalized spacial score (nSPS) is 13.3. The Hall–Kier alpha value is -2.64. The summed E-state index contributed by atoms with van der Waals surface area (Å²) < 4.78 is 11.9. The van der Waals surface area contributed by atoms with Gasteiger partial charge in [0.05, 0.1) is 12.3 Å². The van der Waals surface area contributed by atoms with Gasteiger partial charge in [0.25, 0.3) is 0 Å². The van der Waals surface area contributed by atoms with Crippen molar-refractivity contribution in [3.05, 3.63) is 70.9 Å². The second-order valence-electron chi connectivity index (χ2n) is 7.55. The third-order valence-electron chi connectivity index (χ3n) is 5.14. The molecule has 2 aromatic heterocycles. The lowest BCUT2D eigenvalue weighted by molar-refractivity contribution is -0.139. The quantitative estimate of drug-likeness (QED) is 0.289. The summed E-state index contributed by atoms with van der Waals surface area (Å²) in [6.07, 6.45) is 1.02. The molecule has 7 heteroatoms. The SMILES string of the molecule is Cc1oc(-c2ccccc2)nc1CCOc1ccc(CC(C)(Br)C(=O)O)c2sccc12. The van der Waals surface area contributed by atoms with E-state index in [2.05, 4.69) is 20.9 Å². The number of fused-ring (bicyclic) bond motifs is 1. The number of carbonyl (C=O) groups is 1. The Morgan fingerprint density at radius 3 is 2.74 bits per heavy atom. The number of ether oxygens (including phenoxy) is 1. The van der Waals surface area contributed by atoms with Crippen molar-refractivity contribution in [1.82, 2.24) is 4.98 Å². The van der Waals surface area contributed by atoms with Crippen LogP contribution in [0.1, 0.15) is 23.9 Å². The first kappa shape index (κ1) is 21.6. The fourth-order valence-corrected chi connectivity index (χ4v) is 4.64. The topological polar surface area (TPSA) is 72.6 Å². The van der Waals surface area contributed by atoms with Crippen molar-refractivity contribution >= 4 is 43.3 Å². The van der Waals surface area contributed by atoms with Crippen LogP contribution in [0.5, 0.6) is 5.75 Å². The van der Waals surface area contributed by atoms with Crippen molar-refractivity contribution < 1.29 is 19.1 Å². The number of benzene rings is 2.